The summed E-state index contributed by atoms with van der Waals surface area (Å²) in [5.41, 5.74) is 2.32. The summed E-state index contributed by atoms with van der Waals surface area (Å²) in [5, 5.41) is 11.4. The van der Waals surface area contributed by atoms with Crippen LogP contribution in [0.5, 0.6) is 0 Å². The molecule has 0 spiro atoms. The molecule has 122 valence electrons. The summed E-state index contributed by atoms with van der Waals surface area (Å²) in [6.45, 7) is 1.67. The van der Waals surface area contributed by atoms with Gasteiger partial charge in [0.15, 0.2) is 5.17 Å². The van der Waals surface area contributed by atoms with E-state index < -0.39 is 0 Å². The van der Waals surface area contributed by atoms with Crippen molar-refractivity contribution in [2.75, 3.05) is 5.75 Å². The molecule has 24 heavy (non-hydrogen) atoms. The SMILES string of the molecule is Cc1cccn(CC(=O)NC2=NN=C(c3ccccc3)CS2)c1=O. The third kappa shape index (κ3) is 3.80. The van der Waals surface area contributed by atoms with Crippen LogP contribution >= 0.6 is 11.8 Å². The number of carbonyl (C=O) groups excluding carboxylic acids is 1. The number of carbonyl (C=O) groups is 1. The average Bonchev–Trinajstić information content (AvgIpc) is 2.60. The number of amides is 1. The maximum absolute atomic E-state index is 12.1. The van der Waals surface area contributed by atoms with Crippen molar-refractivity contribution < 1.29 is 4.79 Å². The quantitative estimate of drug-likeness (QED) is 0.925. The zero-order chi connectivity index (χ0) is 16.9. The Labute approximate surface area is 143 Å². The Morgan fingerprint density at radius 1 is 1.21 bits per heavy atom. The molecule has 1 aromatic carbocycles. The molecule has 0 radical (unpaired) electrons. The number of aryl methyl sites for hydroxylation is 1. The number of aromatic nitrogens is 1. The van der Waals surface area contributed by atoms with E-state index in [0.717, 1.165) is 11.3 Å². The van der Waals surface area contributed by atoms with Gasteiger partial charge in [-0.25, -0.2) is 0 Å². The maximum Gasteiger partial charge on any atom is 0.253 e. The van der Waals surface area contributed by atoms with Crippen LogP contribution in [0.3, 0.4) is 0 Å². The second-order valence-electron chi connectivity index (χ2n) is 5.28. The van der Waals surface area contributed by atoms with Gasteiger partial charge >= 0.3 is 0 Å². The molecule has 1 aromatic heterocycles. The summed E-state index contributed by atoms with van der Waals surface area (Å²) < 4.78 is 1.37. The van der Waals surface area contributed by atoms with E-state index in [1.165, 1.54) is 16.3 Å². The molecule has 6 nitrogen and oxygen atoms in total. The van der Waals surface area contributed by atoms with Crippen LogP contribution in [0.2, 0.25) is 0 Å². The first-order valence-electron chi connectivity index (χ1n) is 7.42. The van der Waals surface area contributed by atoms with Crippen LogP contribution in [0.25, 0.3) is 0 Å². The summed E-state index contributed by atoms with van der Waals surface area (Å²) in [7, 11) is 0. The minimum Gasteiger partial charge on any atom is -0.306 e. The van der Waals surface area contributed by atoms with Crippen molar-refractivity contribution in [2.24, 2.45) is 10.2 Å². The van der Waals surface area contributed by atoms with Gasteiger partial charge < -0.3 is 9.88 Å². The Morgan fingerprint density at radius 2 is 2.00 bits per heavy atom. The molecule has 0 atom stereocenters. The first-order chi connectivity index (χ1) is 11.6. The van der Waals surface area contributed by atoms with Gasteiger partial charge in [-0.2, -0.15) is 5.10 Å². The van der Waals surface area contributed by atoms with Gasteiger partial charge in [-0.3, -0.25) is 9.59 Å². The van der Waals surface area contributed by atoms with Gasteiger partial charge in [0.1, 0.15) is 6.54 Å². The molecule has 0 bridgehead atoms. The van der Waals surface area contributed by atoms with Crippen molar-refractivity contribution >= 4 is 28.5 Å². The predicted molar refractivity (Wildman–Crippen MR) is 96.5 cm³/mol. The van der Waals surface area contributed by atoms with Crippen LogP contribution in [0.1, 0.15) is 11.1 Å². The van der Waals surface area contributed by atoms with E-state index >= 15 is 0 Å². The lowest BCUT2D eigenvalue weighted by atomic mass is 10.1. The average molecular weight is 340 g/mol. The van der Waals surface area contributed by atoms with Gasteiger partial charge in [-0.05, 0) is 18.6 Å². The minimum atomic E-state index is -0.299. The molecule has 7 heteroatoms. The smallest absolute Gasteiger partial charge is 0.253 e. The number of nitrogens with one attached hydrogen (secondary N) is 1. The largest absolute Gasteiger partial charge is 0.306 e. The van der Waals surface area contributed by atoms with Crippen LogP contribution in [0, 0.1) is 6.92 Å². The Kier molecular flexibility index (Phi) is 4.90. The van der Waals surface area contributed by atoms with Gasteiger partial charge in [-0.15, -0.1) is 5.10 Å². The number of thioether (sulfide) groups is 1. The Balaban J connectivity index is 1.65. The maximum atomic E-state index is 12.1. The molecule has 1 aliphatic rings. The van der Waals surface area contributed by atoms with Crippen molar-refractivity contribution in [3.05, 3.63) is 70.1 Å². The van der Waals surface area contributed by atoms with Crippen LogP contribution in [0.15, 0.2) is 63.7 Å². The van der Waals surface area contributed by atoms with Gasteiger partial charge in [0, 0.05) is 17.5 Å². The van der Waals surface area contributed by atoms with Crippen LogP contribution < -0.4 is 10.9 Å². The second-order valence-corrected chi connectivity index (χ2v) is 6.24. The third-order valence-corrected chi connectivity index (χ3v) is 4.36. The van der Waals surface area contributed by atoms with E-state index in [1.807, 2.05) is 30.3 Å². The number of hydrogen-bond acceptors (Lipinski definition) is 5. The van der Waals surface area contributed by atoms with Crippen LogP contribution in [-0.2, 0) is 11.3 Å². The first-order valence-corrected chi connectivity index (χ1v) is 8.41. The molecule has 0 saturated heterocycles. The molecule has 0 aliphatic carbocycles. The molecule has 3 rings (SSSR count). The lowest BCUT2D eigenvalue weighted by Gasteiger charge is -2.13. The lowest BCUT2D eigenvalue weighted by molar-refractivity contribution is -0.120. The standard InChI is InChI=1S/C17H16N4O2S/c1-12-6-5-9-21(16(12)23)10-15(22)18-17-20-19-14(11-24-17)13-7-3-2-4-8-13/h2-9H,10-11H2,1H3,(H,18,20,22). The normalized spacial score (nSPS) is 13.9. The zero-order valence-corrected chi connectivity index (χ0v) is 13.9. The van der Waals surface area contributed by atoms with Gasteiger partial charge in [0.2, 0.25) is 5.91 Å². The number of nitrogens with zero attached hydrogens (tertiary/aromatic N) is 3. The number of hydrogen-bond donors (Lipinski definition) is 1. The van der Waals surface area contributed by atoms with Crippen LogP contribution in [-0.4, -0.2) is 27.1 Å². The summed E-state index contributed by atoms with van der Waals surface area (Å²) in [6.07, 6.45) is 1.59. The fraction of sp³-hybridized carbons (Fsp3) is 0.176. The third-order valence-electron chi connectivity index (χ3n) is 3.48. The zero-order valence-electron chi connectivity index (χ0n) is 13.1. The van der Waals surface area contributed by atoms with Gasteiger partial charge in [0.25, 0.3) is 5.56 Å². The summed E-state index contributed by atoms with van der Waals surface area (Å²) in [6, 6.07) is 13.3. The number of rotatable bonds is 3. The lowest BCUT2D eigenvalue weighted by Crippen LogP contribution is -2.36. The number of amidine groups is 1. The summed E-state index contributed by atoms with van der Waals surface area (Å²) >= 11 is 1.41. The number of pyridine rings is 1. The van der Waals surface area contributed by atoms with E-state index in [0.29, 0.717) is 16.5 Å². The van der Waals surface area contributed by atoms with Crippen molar-refractivity contribution in [3.63, 3.8) is 0 Å². The second kappa shape index (κ2) is 7.27. The molecule has 0 unspecified atom stereocenters. The highest BCUT2D eigenvalue weighted by atomic mass is 32.2. The van der Waals surface area contributed by atoms with E-state index in [9.17, 15) is 9.59 Å². The minimum absolute atomic E-state index is 0.0463. The highest BCUT2D eigenvalue weighted by Crippen LogP contribution is 2.14. The van der Waals surface area contributed by atoms with Crippen LogP contribution in [0.4, 0.5) is 0 Å². The van der Waals surface area contributed by atoms with E-state index in [1.54, 1.807) is 25.3 Å². The van der Waals surface area contributed by atoms with E-state index in [-0.39, 0.29) is 18.0 Å². The van der Waals surface area contributed by atoms with Crippen molar-refractivity contribution in [3.8, 4) is 0 Å². The van der Waals surface area contributed by atoms with Gasteiger partial charge in [-0.1, -0.05) is 48.2 Å². The first kappa shape index (κ1) is 16.2. The number of benzene rings is 1. The summed E-state index contributed by atoms with van der Waals surface area (Å²) in [4.78, 5) is 24.0. The predicted octanol–water partition coefficient (Wildman–Crippen LogP) is 1.78. The molecule has 0 saturated carbocycles. The molecular weight excluding hydrogens is 324 g/mol. The highest BCUT2D eigenvalue weighted by Gasteiger charge is 2.15. The van der Waals surface area contributed by atoms with Crippen molar-refractivity contribution in [2.45, 2.75) is 13.5 Å². The summed E-state index contributed by atoms with van der Waals surface area (Å²) in [5.74, 6) is 0.334. The Bertz CT molecular complexity index is 872. The molecule has 0 fully saturated rings. The molecule has 1 N–H and O–H groups in total. The van der Waals surface area contributed by atoms with E-state index in [2.05, 4.69) is 15.5 Å². The van der Waals surface area contributed by atoms with Crippen molar-refractivity contribution in [1.82, 2.24) is 9.88 Å². The van der Waals surface area contributed by atoms with Crippen molar-refractivity contribution in [1.29, 1.82) is 0 Å². The fourth-order valence-electron chi connectivity index (χ4n) is 2.23. The molecule has 2 heterocycles. The topological polar surface area (TPSA) is 75.8 Å². The Hall–Kier alpha value is -2.67. The Morgan fingerprint density at radius 3 is 2.71 bits per heavy atom. The van der Waals surface area contributed by atoms with E-state index in [4.69, 9.17) is 0 Å². The highest BCUT2D eigenvalue weighted by molar-refractivity contribution is 8.14. The molecular formula is C17H16N4O2S. The molecule has 1 amide bonds. The monoisotopic (exact) mass is 340 g/mol. The fourth-order valence-corrected chi connectivity index (χ4v) is 3.01. The molecule has 2 aromatic rings. The van der Waals surface area contributed by atoms with Gasteiger partial charge in [0.05, 0.1) is 5.71 Å². The molecule has 1 aliphatic heterocycles.